The molecule has 29 heavy (non-hydrogen) atoms. The third-order valence-electron chi connectivity index (χ3n) is 4.90. The van der Waals surface area contributed by atoms with Crippen LogP contribution in [0, 0.1) is 0 Å². The number of amides is 1. The number of aliphatic hydroxyl groups excluding tert-OH is 1. The SMILES string of the molecule is CSCC[C@@H](CO)NC(=O)c1ccc(NC[C@@H]2C[C@H](S)CN2)cc1-c1nccs1. The molecule has 1 aromatic heterocycles. The number of rotatable bonds is 10. The van der Waals surface area contributed by atoms with Gasteiger partial charge < -0.3 is 21.1 Å². The zero-order valence-corrected chi connectivity index (χ0v) is 19.0. The van der Waals surface area contributed by atoms with Gasteiger partial charge in [-0.2, -0.15) is 24.4 Å². The summed E-state index contributed by atoms with van der Waals surface area (Å²) in [4.78, 5) is 17.3. The van der Waals surface area contributed by atoms with E-state index in [0.29, 0.717) is 16.9 Å². The lowest BCUT2D eigenvalue weighted by Gasteiger charge is -2.18. The number of aliphatic hydroxyl groups is 1. The molecule has 1 aliphatic rings. The number of carbonyl (C=O) groups is 1. The molecule has 0 aliphatic carbocycles. The van der Waals surface area contributed by atoms with E-state index < -0.39 is 0 Å². The molecular weight excluding hydrogens is 424 g/mol. The Balaban J connectivity index is 1.75. The van der Waals surface area contributed by atoms with Gasteiger partial charge in [-0.3, -0.25) is 4.79 Å². The van der Waals surface area contributed by atoms with Crippen molar-refractivity contribution in [3.63, 3.8) is 0 Å². The minimum absolute atomic E-state index is 0.0704. The van der Waals surface area contributed by atoms with Crippen LogP contribution in [0.1, 0.15) is 23.2 Å². The Morgan fingerprint density at radius 2 is 2.38 bits per heavy atom. The normalized spacial score (nSPS) is 19.8. The van der Waals surface area contributed by atoms with Crippen LogP contribution in [-0.4, -0.2) is 65.0 Å². The van der Waals surface area contributed by atoms with Gasteiger partial charge in [0.1, 0.15) is 5.01 Å². The molecule has 1 saturated heterocycles. The van der Waals surface area contributed by atoms with Crippen molar-refractivity contribution in [3.8, 4) is 10.6 Å². The van der Waals surface area contributed by atoms with Gasteiger partial charge in [0.25, 0.3) is 5.91 Å². The third kappa shape index (κ3) is 6.36. The molecule has 3 atom stereocenters. The highest BCUT2D eigenvalue weighted by atomic mass is 32.2. The number of hydrogen-bond acceptors (Lipinski definition) is 8. The lowest BCUT2D eigenvalue weighted by atomic mass is 10.0. The molecule has 0 bridgehead atoms. The summed E-state index contributed by atoms with van der Waals surface area (Å²) in [7, 11) is 0. The monoisotopic (exact) mass is 452 g/mol. The van der Waals surface area contributed by atoms with Gasteiger partial charge in [0.2, 0.25) is 0 Å². The lowest BCUT2D eigenvalue weighted by molar-refractivity contribution is 0.0916. The molecule has 0 spiro atoms. The van der Waals surface area contributed by atoms with Gasteiger partial charge in [0.15, 0.2) is 0 Å². The van der Waals surface area contributed by atoms with Crippen molar-refractivity contribution in [1.29, 1.82) is 0 Å². The molecule has 0 unspecified atom stereocenters. The van der Waals surface area contributed by atoms with Crippen LogP contribution in [0.4, 0.5) is 5.69 Å². The quantitative estimate of drug-likeness (QED) is 0.357. The van der Waals surface area contributed by atoms with Crippen molar-refractivity contribution in [1.82, 2.24) is 15.6 Å². The topological polar surface area (TPSA) is 86.3 Å². The summed E-state index contributed by atoms with van der Waals surface area (Å²) >= 11 is 7.72. The molecule has 9 heteroatoms. The first-order valence-corrected chi connectivity index (χ1v) is 12.5. The summed E-state index contributed by atoms with van der Waals surface area (Å²) < 4.78 is 0. The fourth-order valence-corrected chi connectivity index (χ4v) is 4.86. The fraction of sp³-hybridized carbons (Fsp3) is 0.500. The highest BCUT2D eigenvalue weighted by Gasteiger charge is 2.22. The Morgan fingerprint density at radius 3 is 3.03 bits per heavy atom. The predicted molar refractivity (Wildman–Crippen MR) is 127 cm³/mol. The second-order valence-corrected chi connectivity index (χ2v) is 9.72. The highest BCUT2D eigenvalue weighted by molar-refractivity contribution is 7.98. The number of thioether (sulfide) groups is 1. The molecule has 1 amide bonds. The molecule has 2 aromatic rings. The Morgan fingerprint density at radius 1 is 1.52 bits per heavy atom. The standard InChI is InChI=1S/C20H28N4O2S3/c1-28-6-4-14(12-25)24-19(26)17-3-2-13(9-18(17)20-21-5-7-29-20)22-10-15-8-16(27)11-23-15/h2-3,5,7,9,14-16,22-23,25,27H,4,6,8,10-12H2,1H3,(H,24,26)/t14-,15-,16-/m0/s1. The van der Waals surface area contributed by atoms with Gasteiger partial charge in [-0.25, -0.2) is 4.98 Å². The Labute approximate surface area is 185 Å². The van der Waals surface area contributed by atoms with Crippen LogP contribution in [0.5, 0.6) is 0 Å². The van der Waals surface area contributed by atoms with Crippen molar-refractivity contribution in [3.05, 3.63) is 35.3 Å². The van der Waals surface area contributed by atoms with Crippen LogP contribution in [0.15, 0.2) is 29.8 Å². The average Bonchev–Trinajstić information content (AvgIpc) is 3.41. The molecule has 4 N–H and O–H groups in total. The average molecular weight is 453 g/mol. The fourth-order valence-electron chi connectivity index (χ4n) is 3.31. The number of nitrogens with zero attached hydrogens (tertiary/aromatic N) is 1. The largest absolute Gasteiger partial charge is 0.394 e. The molecule has 2 heterocycles. The van der Waals surface area contributed by atoms with Crippen LogP contribution in [-0.2, 0) is 0 Å². The molecule has 0 saturated carbocycles. The summed E-state index contributed by atoms with van der Waals surface area (Å²) in [5, 5.41) is 22.6. The summed E-state index contributed by atoms with van der Waals surface area (Å²) in [6.07, 6.45) is 5.52. The molecule has 1 aliphatic heterocycles. The first kappa shape index (κ1) is 22.4. The van der Waals surface area contributed by atoms with Crippen molar-refractivity contribution in [2.45, 2.75) is 30.2 Å². The molecule has 1 fully saturated rings. The zero-order chi connectivity index (χ0) is 20.6. The van der Waals surface area contributed by atoms with Crippen molar-refractivity contribution in [2.24, 2.45) is 0 Å². The smallest absolute Gasteiger partial charge is 0.252 e. The van der Waals surface area contributed by atoms with Crippen LogP contribution in [0.25, 0.3) is 10.6 Å². The highest BCUT2D eigenvalue weighted by Crippen LogP contribution is 2.29. The Kier molecular flexibility index (Phi) is 8.68. The number of aromatic nitrogens is 1. The summed E-state index contributed by atoms with van der Waals surface area (Å²) in [6, 6.07) is 5.89. The van der Waals surface area contributed by atoms with Gasteiger partial charge in [0, 0.05) is 52.8 Å². The zero-order valence-electron chi connectivity index (χ0n) is 16.4. The van der Waals surface area contributed by atoms with Crippen LogP contribution in [0.2, 0.25) is 0 Å². The molecule has 0 radical (unpaired) electrons. The number of anilines is 1. The number of hydrogen-bond donors (Lipinski definition) is 5. The maximum atomic E-state index is 12.9. The van der Waals surface area contributed by atoms with Gasteiger partial charge >= 0.3 is 0 Å². The van der Waals surface area contributed by atoms with E-state index in [1.54, 1.807) is 18.0 Å². The van der Waals surface area contributed by atoms with Crippen LogP contribution in [0.3, 0.4) is 0 Å². The summed E-state index contributed by atoms with van der Waals surface area (Å²) in [5.74, 6) is 0.702. The van der Waals surface area contributed by atoms with Crippen molar-refractivity contribution >= 4 is 47.3 Å². The minimum Gasteiger partial charge on any atom is -0.394 e. The molecule has 1 aromatic carbocycles. The van der Waals surface area contributed by atoms with E-state index in [4.69, 9.17) is 0 Å². The van der Waals surface area contributed by atoms with Crippen molar-refractivity contribution < 1.29 is 9.90 Å². The number of nitrogens with one attached hydrogen (secondary N) is 3. The first-order chi connectivity index (χ1) is 14.1. The third-order valence-corrected chi connectivity index (χ3v) is 6.75. The maximum Gasteiger partial charge on any atom is 0.252 e. The van der Waals surface area contributed by atoms with E-state index in [-0.39, 0.29) is 18.6 Å². The molecule has 3 rings (SSSR count). The number of thiol groups is 1. The summed E-state index contributed by atoms with van der Waals surface area (Å²) in [5.41, 5.74) is 2.33. The van der Waals surface area contributed by atoms with E-state index in [1.807, 2.05) is 29.8 Å². The lowest BCUT2D eigenvalue weighted by Crippen LogP contribution is -2.38. The number of thiazole rings is 1. The van der Waals surface area contributed by atoms with Crippen molar-refractivity contribution in [2.75, 3.05) is 37.0 Å². The van der Waals surface area contributed by atoms with E-state index in [0.717, 1.165) is 47.9 Å². The van der Waals surface area contributed by atoms with E-state index in [2.05, 4.69) is 33.6 Å². The van der Waals surface area contributed by atoms with E-state index in [9.17, 15) is 9.90 Å². The second-order valence-electron chi connectivity index (χ2n) is 7.11. The molecule has 6 nitrogen and oxygen atoms in total. The predicted octanol–water partition coefficient (Wildman–Crippen LogP) is 2.73. The summed E-state index contributed by atoms with van der Waals surface area (Å²) in [6.45, 7) is 1.67. The maximum absolute atomic E-state index is 12.9. The molecular formula is C20H28N4O2S3. The number of carbonyl (C=O) groups excluding carboxylic acids is 1. The number of benzene rings is 1. The van der Waals surface area contributed by atoms with Gasteiger partial charge in [0.05, 0.1) is 12.6 Å². The Bertz CT molecular complexity index is 788. The van der Waals surface area contributed by atoms with Crippen LogP contribution >= 0.6 is 35.7 Å². The van der Waals surface area contributed by atoms with E-state index in [1.165, 1.54) is 11.3 Å². The van der Waals surface area contributed by atoms with E-state index >= 15 is 0 Å². The second kappa shape index (κ2) is 11.2. The Hall–Kier alpha value is -1.26. The molecule has 158 valence electrons. The van der Waals surface area contributed by atoms with Gasteiger partial charge in [-0.1, -0.05) is 0 Å². The van der Waals surface area contributed by atoms with Crippen LogP contribution < -0.4 is 16.0 Å². The minimum atomic E-state index is -0.250. The van der Waals surface area contributed by atoms with Gasteiger partial charge in [-0.15, -0.1) is 11.3 Å². The van der Waals surface area contributed by atoms with Gasteiger partial charge in [-0.05, 0) is 43.0 Å². The first-order valence-electron chi connectivity index (χ1n) is 9.70.